The van der Waals surface area contributed by atoms with Crippen molar-refractivity contribution in [2.45, 2.75) is 12.5 Å². The summed E-state index contributed by atoms with van der Waals surface area (Å²) in [6.07, 6.45) is 0.807. The monoisotopic (exact) mass is 380 g/mol. The molecule has 1 atom stereocenters. The molecule has 0 fully saturated rings. The molecule has 0 amide bonds. The van der Waals surface area contributed by atoms with Crippen molar-refractivity contribution in [1.82, 2.24) is 5.43 Å². The second kappa shape index (κ2) is 6.46. The fraction of sp³-hybridized carbons (Fsp3) is 0.125. The smallest absolute Gasteiger partial charge is 0.0515 e. The van der Waals surface area contributed by atoms with E-state index >= 15 is 0 Å². The molecule has 0 saturated heterocycles. The highest BCUT2D eigenvalue weighted by atomic mass is 79.9. The molecule has 2 nitrogen and oxygen atoms in total. The van der Waals surface area contributed by atoms with E-state index in [2.05, 4.69) is 51.0 Å². The van der Waals surface area contributed by atoms with Crippen LogP contribution in [0.5, 0.6) is 0 Å². The molecular weight excluding hydrogens is 368 g/mol. The Kier molecular flexibility index (Phi) is 4.62. The van der Waals surface area contributed by atoms with Gasteiger partial charge in [-0.1, -0.05) is 51.8 Å². The third-order valence-corrected chi connectivity index (χ3v) is 5.36. The van der Waals surface area contributed by atoms with Gasteiger partial charge < -0.3 is 0 Å². The quantitative estimate of drug-likeness (QED) is 0.489. The molecule has 1 unspecified atom stereocenters. The van der Waals surface area contributed by atoms with Crippen molar-refractivity contribution < 1.29 is 0 Å². The fourth-order valence-corrected chi connectivity index (χ4v) is 4.23. The molecule has 3 aromatic rings. The summed E-state index contributed by atoms with van der Waals surface area (Å²) < 4.78 is 2.26. The van der Waals surface area contributed by atoms with Crippen molar-refractivity contribution in [1.29, 1.82) is 0 Å². The van der Waals surface area contributed by atoms with Gasteiger partial charge in [0.15, 0.2) is 0 Å². The van der Waals surface area contributed by atoms with Gasteiger partial charge in [0.1, 0.15) is 0 Å². The van der Waals surface area contributed by atoms with Crippen molar-refractivity contribution in [3.63, 3.8) is 0 Å². The average Bonchev–Trinajstić information content (AvgIpc) is 2.89. The Balaban J connectivity index is 1.94. The lowest BCUT2D eigenvalue weighted by Gasteiger charge is -2.17. The predicted molar refractivity (Wildman–Crippen MR) is 94.7 cm³/mol. The summed E-state index contributed by atoms with van der Waals surface area (Å²) in [6.45, 7) is 0. The van der Waals surface area contributed by atoms with E-state index in [9.17, 15) is 0 Å². The number of rotatable bonds is 4. The summed E-state index contributed by atoms with van der Waals surface area (Å²) in [6, 6.07) is 14.3. The Morgan fingerprint density at radius 1 is 1.24 bits per heavy atom. The SMILES string of the molecule is NNC(Cc1csc2ccccc12)c1ccc(Br)cc1Cl. The van der Waals surface area contributed by atoms with Crippen LogP contribution in [0.25, 0.3) is 10.1 Å². The van der Waals surface area contributed by atoms with Crippen molar-refractivity contribution in [2.24, 2.45) is 5.84 Å². The van der Waals surface area contributed by atoms with Crippen molar-refractivity contribution in [2.75, 3.05) is 0 Å². The number of thiophene rings is 1. The van der Waals surface area contributed by atoms with Gasteiger partial charge >= 0.3 is 0 Å². The second-order valence-electron chi connectivity index (χ2n) is 4.85. The number of halogens is 2. The van der Waals surface area contributed by atoms with Crippen LogP contribution >= 0.6 is 38.9 Å². The van der Waals surface area contributed by atoms with Crippen LogP contribution in [0, 0.1) is 0 Å². The first kappa shape index (κ1) is 15.0. The molecule has 3 rings (SSSR count). The summed E-state index contributed by atoms with van der Waals surface area (Å²) >= 11 is 11.5. The normalized spacial score (nSPS) is 12.7. The first-order valence-electron chi connectivity index (χ1n) is 6.55. The highest BCUT2D eigenvalue weighted by Gasteiger charge is 2.16. The molecule has 2 aromatic carbocycles. The number of nitrogens with one attached hydrogen (secondary N) is 1. The zero-order valence-corrected chi connectivity index (χ0v) is 14.3. The van der Waals surface area contributed by atoms with Gasteiger partial charge in [-0.15, -0.1) is 11.3 Å². The van der Waals surface area contributed by atoms with E-state index in [1.165, 1.54) is 15.6 Å². The number of hydrogen-bond acceptors (Lipinski definition) is 3. The maximum absolute atomic E-state index is 6.34. The number of fused-ring (bicyclic) bond motifs is 1. The molecule has 0 bridgehead atoms. The summed E-state index contributed by atoms with van der Waals surface area (Å²) in [7, 11) is 0. The van der Waals surface area contributed by atoms with Crippen LogP contribution in [0.2, 0.25) is 5.02 Å². The Hall–Kier alpha value is -0.910. The van der Waals surface area contributed by atoms with E-state index in [-0.39, 0.29) is 6.04 Å². The molecule has 108 valence electrons. The van der Waals surface area contributed by atoms with Gasteiger partial charge in [0, 0.05) is 14.2 Å². The van der Waals surface area contributed by atoms with E-state index in [0.717, 1.165) is 16.5 Å². The minimum Gasteiger partial charge on any atom is -0.271 e. The van der Waals surface area contributed by atoms with Gasteiger partial charge in [-0.05, 0) is 46.5 Å². The molecule has 1 heterocycles. The van der Waals surface area contributed by atoms with Gasteiger partial charge in [0.05, 0.1) is 6.04 Å². The van der Waals surface area contributed by atoms with Gasteiger partial charge in [0.25, 0.3) is 0 Å². The van der Waals surface area contributed by atoms with Gasteiger partial charge in [-0.3, -0.25) is 11.3 Å². The van der Waals surface area contributed by atoms with Crippen LogP contribution in [0.1, 0.15) is 17.2 Å². The van der Waals surface area contributed by atoms with Crippen LogP contribution in [0.4, 0.5) is 0 Å². The predicted octanol–water partition coefficient (Wildman–Crippen LogP) is 5.06. The number of hydrazine groups is 1. The Labute approximate surface area is 141 Å². The van der Waals surface area contributed by atoms with Gasteiger partial charge in [-0.2, -0.15) is 0 Å². The minimum atomic E-state index is -0.0105. The molecule has 3 N–H and O–H groups in total. The maximum atomic E-state index is 6.34. The third kappa shape index (κ3) is 3.15. The molecule has 0 saturated carbocycles. The van der Waals surface area contributed by atoms with Gasteiger partial charge in [-0.25, -0.2) is 0 Å². The summed E-state index contributed by atoms with van der Waals surface area (Å²) in [5.74, 6) is 5.76. The lowest BCUT2D eigenvalue weighted by Crippen LogP contribution is -2.29. The van der Waals surface area contributed by atoms with E-state index < -0.39 is 0 Å². The topological polar surface area (TPSA) is 38.0 Å². The van der Waals surface area contributed by atoms with E-state index in [1.54, 1.807) is 11.3 Å². The minimum absolute atomic E-state index is 0.0105. The second-order valence-corrected chi connectivity index (χ2v) is 7.08. The Morgan fingerprint density at radius 3 is 2.81 bits per heavy atom. The highest BCUT2D eigenvalue weighted by molar-refractivity contribution is 9.10. The fourth-order valence-electron chi connectivity index (χ4n) is 2.45. The summed E-state index contributed by atoms with van der Waals surface area (Å²) in [4.78, 5) is 0. The van der Waals surface area contributed by atoms with Crippen molar-refractivity contribution in [3.05, 3.63) is 68.5 Å². The molecule has 1 aromatic heterocycles. The lowest BCUT2D eigenvalue weighted by molar-refractivity contribution is 0.554. The average molecular weight is 382 g/mol. The third-order valence-electron chi connectivity index (χ3n) is 3.52. The van der Waals surface area contributed by atoms with Gasteiger partial charge in [0.2, 0.25) is 0 Å². The number of nitrogens with two attached hydrogens (primary N) is 1. The maximum Gasteiger partial charge on any atom is 0.0515 e. The van der Waals surface area contributed by atoms with E-state index in [1.807, 2.05) is 18.2 Å². The first-order valence-corrected chi connectivity index (χ1v) is 8.60. The first-order chi connectivity index (χ1) is 10.2. The van der Waals surface area contributed by atoms with Crippen molar-refractivity contribution >= 4 is 49.0 Å². The molecular formula is C16H14BrClN2S. The lowest BCUT2D eigenvalue weighted by atomic mass is 9.99. The van der Waals surface area contributed by atoms with Crippen LogP contribution < -0.4 is 11.3 Å². The van der Waals surface area contributed by atoms with E-state index in [0.29, 0.717) is 5.02 Å². The van der Waals surface area contributed by atoms with Crippen LogP contribution in [-0.2, 0) is 6.42 Å². The largest absolute Gasteiger partial charge is 0.271 e. The van der Waals surface area contributed by atoms with Crippen LogP contribution in [-0.4, -0.2) is 0 Å². The molecule has 21 heavy (non-hydrogen) atoms. The molecule has 5 heteroatoms. The number of hydrogen-bond donors (Lipinski definition) is 2. The molecule has 0 aliphatic heterocycles. The molecule has 0 spiro atoms. The zero-order valence-electron chi connectivity index (χ0n) is 11.1. The zero-order chi connectivity index (χ0) is 14.8. The molecule has 0 radical (unpaired) electrons. The summed E-state index contributed by atoms with van der Waals surface area (Å²) in [5.41, 5.74) is 5.19. The molecule has 0 aliphatic rings. The molecule has 0 aliphatic carbocycles. The Morgan fingerprint density at radius 2 is 2.05 bits per heavy atom. The highest BCUT2D eigenvalue weighted by Crippen LogP contribution is 2.32. The Bertz CT molecular complexity index is 772. The number of benzene rings is 2. The summed E-state index contributed by atoms with van der Waals surface area (Å²) in [5, 5.41) is 4.20. The van der Waals surface area contributed by atoms with E-state index in [4.69, 9.17) is 17.4 Å². The standard InChI is InChI=1S/C16H14BrClN2S/c17-11-5-6-13(14(18)8-11)15(20-19)7-10-9-21-16-4-2-1-3-12(10)16/h1-6,8-9,15,20H,7,19H2. The van der Waals surface area contributed by atoms with Crippen LogP contribution in [0.15, 0.2) is 52.3 Å². The van der Waals surface area contributed by atoms with Crippen LogP contribution in [0.3, 0.4) is 0 Å². The van der Waals surface area contributed by atoms with Crippen molar-refractivity contribution in [3.8, 4) is 0 Å².